The third-order valence-electron chi connectivity index (χ3n) is 4.74. The maximum Gasteiger partial charge on any atom is 0.193 e. The summed E-state index contributed by atoms with van der Waals surface area (Å²) >= 11 is 0. The first-order valence-electron chi connectivity index (χ1n) is 9.89. The van der Waals surface area contributed by atoms with Crippen molar-refractivity contribution < 1.29 is 4.79 Å². The van der Waals surface area contributed by atoms with Gasteiger partial charge in [0.1, 0.15) is 0 Å². The van der Waals surface area contributed by atoms with Gasteiger partial charge < -0.3 is 9.80 Å². The maximum atomic E-state index is 12.8. The molecule has 0 atom stereocenters. The van der Waals surface area contributed by atoms with E-state index in [0.717, 1.165) is 50.1 Å². The number of nitrogens with zero attached hydrogens (tertiary/aromatic N) is 2. The molecule has 3 nitrogen and oxygen atoms in total. The SMILES string of the molecule is CCCN(CC)c1ccc(C(=O)c2ccc(N(CC)CCC)cc2)cc1. The Morgan fingerprint density at radius 2 is 1.00 bits per heavy atom. The van der Waals surface area contributed by atoms with Crippen LogP contribution in [0.1, 0.15) is 56.5 Å². The summed E-state index contributed by atoms with van der Waals surface area (Å²) in [4.78, 5) is 17.4. The monoisotopic (exact) mass is 352 g/mol. The number of rotatable bonds is 10. The van der Waals surface area contributed by atoms with Gasteiger partial charge in [0.15, 0.2) is 5.78 Å². The minimum atomic E-state index is 0.0835. The summed E-state index contributed by atoms with van der Waals surface area (Å²) in [5, 5.41) is 0. The van der Waals surface area contributed by atoms with Crippen LogP contribution in [0.15, 0.2) is 48.5 Å². The second kappa shape index (κ2) is 10.0. The highest BCUT2D eigenvalue weighted by Crippen LogP contribution is 2.20. The van der Waals surface area contributed by atoms with E-state index in [-0.39, 0.29) is 5.78 Å². The van der Waals surface area contributed by atoms with Crippen LogP contribution in [-0.4, -0.2) is 32.0 Å². The third-order valence-corrected chi connectivity index (χ3v) is 4.74. The zero-order valence-corrected chi connectivity index (χ0v) is 16.7. The molecule has 0 radical (unpaired) electrons. The molecule has 0 bridgehead atoms. The fraction of sp³-hybridized carbons (Fsp3) is 0.435. The van der Waals surface area contributed by atoms with Crippen molar-refractivity contribution in [2.24, 2.45) is 0 Å². The average molecular weight is 353 g/mol. The van der Waals surface area contributed by atoms with E-state index in [1.165, 1.54) is 11.4 Å². The molecule has 0 aromatic heterocycles. The topological polar surface area (TPSA) is 23.6 Å². The summed E-state index contributed by atoms with van der Waals surface area (Å²) in [5.41, 5.74) is 3.85. The highest BCUT2D eigenvalue weighted by Gasteiger charge is 2.11. The van der Waals surface area contributed by atoms with Gasteiger partial charge in [-0.15, -0.1) is 0 Å². The summed E-state index contributed by atoms with van der Waals surface area (Å²) in [6, 6.07) is 16.0. The molecular formula is C23H32N2O. The molecule has 2 rings (SSSR count). The number of benzene rings is 2. The van der Waals surface area contributed by atoms with Crippen LogP contribution in [0, 0.1) is 0 Å². The van der Waals surface area contributed by atoms with Crippen LogP contribution < -0.4 is 9.80 Å². The third kappa shape index (κ3) is 4.87. The molecular weight excluding hydrogens is 320 g/mol. The first-order chi connectivity index (χ1) is 12.6. The largest absolute Gasteiger partial charge is 0.372 e. The Morgan fingerprint density at radius 1 is 0.654 bits per heavy atom. The van der Waals surface area contributed by atoms with E-state index in [0.29, 0.717) is 0 Å². The second-order valence-electron chi connectivity index (χ2n) is 6.58. The minimum Gasteiger partial charge on any atom is -0.372 e. The molecule has 0 fully saturated rings. The molecule has 0 N–H and O–H groups in total. The fourth-order valence-corrected chi connectivity index (χ4v) is 3.29. The molecule has 3 heteroatoms. The summed E-state index contributed by atoms with van der Waals surface area (Å²) in [6.45, 7) is 12.7. The molecule has 0 unspecified atom stereocenters. The van der Waals surface area contributed by atoms with Gasteiger partial charge in [-0.05, 0) is 75.2 Å². The number of carbonyl (C=O) groups is 1. The van der Waals surface area contributed by atoms with Gasteiger partial charge in [0.05, 0.1) is 0 Å². The molecule has 140 valence electrons. The van der Waals surface area contributed by atoms with Gasteiger partial charge >= 0.3 is 0 Å². The van der Waals surface area contributed by atoms with Gasteiger partial charge in [0.2, 0.25) is 0 Å². The molecule has 0 spiro atoms. The van der Waals surface area contributed by atoms with E-state index in [9.17, 15) is 4.79 Å². The van der Waals surface area contributed by atoms with Crippen molar-refractivity contribution in [2.45, 2.75) is 40.5 Å². The summed E-state index contributed by atoms with van der Waals surface area (Å²) in [7, 11) is 0. The van der Waals surface area contributed by atoms with Crippen LogP contribution in [0.2, 0.25) is 0 Å². The Bertz CT molecular complexity index is 617. The second-order valence-corrected chi connectivity index (χ2v) is 6.58. The molecule has 0 aliphatic heterocycles. The van der Waals surface area contributed by atoms with Gasteiger partial charge in [-0.1, -0.05) is 13.8 Å². The van der Waals surface area contributed by atoms with Crippen molar-refractivity contribution in [1.29, 1.82) is 0 Å². The minimum absolute atomic E-state index is 0.0835. The number of carbonyl (C=O) groups excluding carboxylic acids is 1. The lowest BCUT2D eigenvalue weighted by Crippen LogP contribution is -2.23. The Morgan fingerprint density at radius 3 is 1.27 bits per heavy atom. The van der Waals surface area contributed by atoms with Gasteiger partial charge in [-0.3, -0.25) is 4.79 Å². The lowest BCUT2D eigenvalue weighted by Gasteiger charge is -2.23. The fourth-order valence-electron chi connectivity index (χ4n) is 3.29. The predicted molar refractivity (Wildman–Crippen MR) is 113 cm³/mol. The van der Waals surface area contributed by atoms with Crippen molar-refractivity contribution in [3.05, 3.63) is 59.7 Å². The molecule has 26 heavy (non-hydrogen) atoms. The summed E-state index contributed by atoms with van der Waals surface area (Å²) in [6.07, 6.45) is 2.24. The summed E-state index contributed by atoms with van der Waals surface area (Å²) in [5.74, 6) is 0.0835. The Hall–Kier alpha value is -2.29. The average Bonchev–Trinajstić information content (AvgIpc) is 2.70. The van der Waals surface area contributed by atoms with Crippen LogP contribution in [0.4, 0.5) is 11.4 Å². The van der Waals surface area contributed by atoms with E-state index >= 15 is 0 Å². The van der Waals surface area contributed by atoms with E-state index in [2.05, 4.69) is 61.8 Å². The first-order valence-corrected chi connectivity index (χ1v) is 9.89. The van der Waals surface area contributed by atoms with E-state index in [4.69, 9.17) is 0 Å². The zero-order chi connectivity index (χ0) is 18.9. The van der Waals surface area contributed by atoms with E-state index in [1.54, 1.807) is 0 Å². The lowest BCUT2D eigenvalue weighted by atomic mass is 10.0. The Labute approximate surface area is 158 Å². The van der Waals surface area contributed by atoms with Gasteiger partial charge in [-0.25, -0.2) is 0 Å². The highest BCUT2D eigenvalue weighted by atomic mass is 16.1. The van der Waals surface area contributed by atoms with Crippen LogP contribution in [0.3, 0.4) is 0 Å². The number of anilines is 2. The van der Waals surface area contributed by atoms with Crippen molar-refractivity contribution >= 4 is 17.2 Å². The number of ketones is 1. The number of hydrogen-bond donors (Lipinski definition) is 0. The van der Waals surface area contributed by atoms with E-state index in [1.807, 2.05) is 24.3 Å². The van der Waals surface area contributed by atoms with Crippen molar-refractivity contribution in [3.63, 3.8) is 0 Å². The van der Waals surface area contributed by atoms with Crippen molar-refractivity contribution in [3.8, 4) is 0 Å². The molecule has 0 aliphatic carbocycles. The lowest BCUT2D eigenvalue weighted by molar-refractivity contribution is 0.103. The first kappa shape index (κ1) is 20.0. The van der Waals surface area contributed by atoms with Gasteiger partial charge in [-0.2, -0.15) is 0 Å². The van der Waals surface area contributed by atoms with Crippen LogP contribution in [0.5, 0.6) is 0 Å². The van der Waals surface area contributed by atoms with Crippen molar-refractivity contribution in [1.82, 2.24) is 0 Å². The Balaban J connectivity index is 2.13. The van der Waals surface area contributed by atoms with Crippen LogP contribution in [0.25, 0.3) is 0 Å². The predicted octanol–water partition coefficient (Wildman–Crippen LogP) is 5.39. The summed E-state index contributed by atoms with van der Waals surface area (Å²) < 4.78 is 0. The molecule has 0 saturated carbocycles. The quantitative estimate of drug-likeness (QED) is 0.536. The highest BCUT2D eigenvalue weighted by molar-refractivity contribution is 6.09. The number of hydrogen-bond acceptors (Lipinski definition) is 3. The normalized spacial score (nSPS) is 10.6. The van der Waals surface area contributed by atoms with Crippen LogP contribution >= 0.6 is 0 Å². The molecule has 0 saturated heterocycles. The maximum absolute atomic E-state index is 12.8. The standard InChI is InChI=1S/C23H32N2O/c1-5-17-24(7-3)21-13-9-19(10-14-21)23(26)20-11-15-22(16-12-20)25(8-4)18-6-2/h9-16H,5-8,17-18H2,1-4H3. The van der Waals surface area contributed by atoms with E-state index < -0.39 is 0 Å². The molecule has 0 amide bonds. The molecule has 2 aromatic rings. The molecule has 2 aromatic carbocycles. The van der Waals surface area contributed by atoms with Gasteiger partial charge in [0, 0.05) is 48.7 Å². The molecule has 0 aliphatic rings. The Kier molecular flexibility index (Phi) is 7.71. The smallest absolute Gasteiger partial charge is 0.193 e. The molecule has 0 heterocycles. The van der Waals surface area contributed by atoms with Gasteiger partial charge in [0.25, 0.3) is 0 Å². The zero-order valence-electron chi connectivity index (χ0n) is 16.7. The van der Waals surface area contributed by atoms with Crippen LogP contribution in [-0.2, 0) is 0 Å². The van der Waals surface area contributed by atoms with Crippen molar-refractivity contribution in [2.75, 3.05) is 36.0 Å².